The van der Waals surface area contributed by atoms with E-state index in [1.807, 2.05) is 6.07 Å². The van der Waals surface area contributed by atoms with E-state index in [1.54, 1.807) is 0 Å². The molecule has 166 valence electrons. The van der Waals surface area contributed by atoms with Crippen LogP contribution in [0.5, 0.6) is 0 Å². The van der Waals surface area contributed by atoms with E-state index in [0.717, 1.165) is 31.6 Å². The predicted molar refractivity (Wildman–Crippen MR) is 125 cm³/mol. The van der Waals surface area contributed by atoms with Gasteiger partial charge in [-0.1, -0.05) is 36.4 Å². The number of rotatable bonds is 2. The molecule has 1 saturated heterocycles. The lowest BCUT2D eigenvalue weighted by molar-refractivity contribution is -0.118. The lowest BCUT2D eigenvalue weighted by atomic mass is 9.72. The topological polar surface area (TPSA) is 56.4 Å². The van der Waals surface area contributed by atoms with Crippen LogP contribution in [0, 0.1) is 17.8 Å². The molecular formula is C27H32N4O. The maximum absolute atomic E-state index is 12.9. The molecule has 0 radical (unpaired) electrons. The lowest BCUT2D eigenvalue weighted by Gasteiger charge is -2.34. The average Bonchev–Trinajstić information content (AvgIpc) is 3.33. The molecule has 0 aromatic heterocycles. The summed E-state index contributed by atoms with van der Waals surface area (Å²) >= 11 is 0. The lowest BCUT2D eigenvalue weighted by Crippen LogP contribution is -2.37. The molecule has 3 fully saturated rings. The Bertz CT molecular complexity index is 1100. The SMILES string of the molecule is CN1CCc2cc(C3NNC4CC([C@@H]5C[C@@]56C(=O)Nc5ccccc56)CCC43)ccc2C1. The summed E-state index contributed by atoms with van der Waals surface area (Å²) in [6, 6.07) is 16.4. The van der Waals surface area contributed by atoms with Crippen molar-refractivity contribution in [3.05, 3.63) is 64.7 Å². The van der Waals surface area contributed by atoms with Crippen molar-refractivity contribution in [1.82, 2.24) is 15.8 Å². The molecule has 1 amide bonds. The molecule has 3 aliphatic heterocycles. The monoisotopic (exact) mass is 428 g/mol. The molecule has 2 aromatic rings. The second kappa shape index (κ2) is 6.89. The minimum atomic E-state index is -0.245. The summed E-state index contributed by atoms with van der Waals surface area (Å²) in [5.41, 5.74) is 13.8. The van der Waals surface area contributed by atoms with Crippen LogP contribution in [0.15, 0.2) is 42.5 Å². The Labute approximate surface area is 189 Å². The molecule has 3 heterocycles. The van der Waals surface area contributed by atoms with Crippen molar-refractivity contribution in [3.63, 3.8) is 0 Å². The van der Waals surface area contributed by atoms with Crippen LogP contribution >= 0.6 is 0 Å². The van der Waals surface area contributed by atoms with Gasteiger partial charge in [-0.3, -0.25) is 10.2 Å². The summed E-state index contributed by atoms with van der Waals surface area (Å²) in [4.78, 5) is 15.3. The van der Waals surface area contributed by atoms with Crippen molar-refractivity contribution in [1.29, 1.82) is 0 Å². The fraction of sp³-hybridized carbons (Fsp3) is 0.519. The van der Waals surface area contributed by atoms with Crippen molar-refractivity contribution < 1.29 is 4.79 Å². The van der Waals surface area contributed by atoms with Crippen LogP contribution < -0.4 is 16.2 Å². The number of likely N-dealkylation sites (N-methyl/N-ethyl adjacent to an activating group) is 1. The molecular weight excluding hydrogens is 396 g/mol. The minimum Gasteiger partial charge on any atom is -0.325 e. The van der Waals surface area contributed by atoms with Gasteiger partial charge in [-0.05, 0) is 85.2 Å². The molecule has 0 bridgehead atoms. The second-order valence-electron chi connectivity index (χ2n) is 10.9. The van der Waals surface area contributed by atoms with Crippen molar-refractivity contribution in [2.24, 2.45) is 17.8 Å². The maximum atomic E-state index is 12.9. The number of fused-ring (bicyclic) bond motifs is 4. The van der Waals surface area contributed by atoms with E-state index < -0.39 is 0 Å². The first kappa shape index (κ1) is 19.3. The number of amides is 1. The number of para-hydroxylation sites is 1. The zero-order valence-electron chi connectivity index (χ0n) is 18.7. The summed E-state index contributed by atoms with van der Waals surface area (Å²) in [7, 11) is 2.21. The van der Waals surface area contributed by atoms with Gasteiger partial charge >= 0.3 is 0 Å². The number of hydrogen-bond acceptors (Lipinski definition) is 4. The van der Waals surface area contributed by atoms with Gasteiger partial charge in [0.15, 0.2) is 0 Å². The summed E-state index contributed by atoms with van der Waals surface area (Å²) in [5, 5.41) is 3.15. The van der Waals surface area contributed by atoms with Gasteiger partial charge in [0, 0.05) is 24.8 Å². The average molecular weight is 429 g/mol. The Morgan fingerprint density at radius 3 is 2.91 bits per heavy atom. The zero-order chi connectivity index (χ0) is 21.4. The molecule has 6 atom stereocenters. The van der Waals surface area contributed by atoms with Gasteiger partial charge in [0.25, 0.3) is 0 Å². The van der Waals surface area contributed by atoms with Crippen LogP contribution in [0.3, 0.4) is 0 Å². The molecule has 2 aliphatic carbocycles. The van der Waals surface area contributed by atoms with Gasteiger partial charge < -0.3 is 10.2 Å². The van der Waals surface area contributed by atoms with E-state index in [4.69, 9.17) is 0 Å². The van der Waals surface area contributed by atoms with E-state index in [0.29, 0.717) is 29.8 Å². The third-order valence-electron chi connectivity index (χ3n) is 9.23. The molecule has 4 unspecified atom stereocenters. The number of nitrogens with one attached hydrogen (secondary N) is 3. The van der Waals surface area contributed by atoms with E-state index in [9.17, 15) is 4.79 Å². The van der Waals surface area contributed by atoms with Crippen LogP contribution in [0.1, 0.15) is 54.0 Å². The predicted octanol–water partition coefficient (Wildman–Crippen LogP) is 3.52. The number of carbonyl (C=O) groups excluding carboxylic acids is 1. The van der Waals surface area contributed by atoms with Gasteiger partial charge in [0.2, 0.25) is 5.91 Å². The van der Waals surface area contributed by atoms with Gasteiger partial charge in [0.1, 0.15) is 0 Å². The van der Waals surface area contributed by atoms with E-state index in [-0.39, 0.29) is 11.3 Å². The normalized spacial score (nSPS) is 37.7. The highest BCUT2D eigenvalue weighted by molar-refractivity contribution is 6.08. The van der Waals surface area contributed by atoms with Crippen LogP contribution in [-0.2, 0) is 23.2 Å². The van der Waals surface area contributed by atoms with Gasteiger partial charge in [0.05, 0.1) is 11.5 Å². The summed E-state index contributed by atoms with van der Waals surface area (Å²) in [5.74, 6) is 1.99. The third-order valence-corrected chi connectivity index (χ3v) is 9.23. The highest BCUT2D eigenvalue weighted by Crippen LogP contribution is 2.65. The summed E-state index contributed by atoms with van der Waals surface area (Å²) < 4.78 is 0. The minimum absolute atomic E-state index is 0.237. The molecule has 5 nitrogen and oxygen atoms in total. The first-order valence-corrected chi connectivity index (χ1v) is 12.4. The van der Waals surface area contributed by atoms with E-state index in [1.165, 1.54) is 41.5 Å². The molecule has 2 aromatic carbocycles. The first-order chi connectivity index (χ1) is 15.6. The van der Waals surface area contributed by atoms with Gasteiger partial charge in [-0.2, -0.15) is 0 Å². The molecule has 7 rings (SSSR count). The quantitative estimate of drug-likeness (QED) is 0.685. The maximum Gasteiger partial charge on any atom is 0.235 e. The Hall–Kier alpha value is -2.21. The van der Waals surface area contributed by atoms with Crippen LogP contribution in [0.4, 0.5) is 5.69 Å². The van der Waals surface area contributed by atoms with Crippen molar-refractivity contribution in [2.45, 2.75) is 56.1 Å². The Morgan fingerprint density at radius 1 is 1.06 bits per heavy atom. The Morgan fingerprint density at radius 2 is 1.97 bits per heavy atom. The number of nitrogens with zero attached hydrogens (tertiary/aromatic N) is 1. The highest BCUT2D eigenvalue weighted by Gasteiger charge is 2.67. The number of hydrogen-bond donors (Lipinski definition) is 3. The van der Waals surface area contributed by atoms with Crippen LogP contribution in [0.2, 0.25) is 0 Å². The van der Waals surface area contributed by atoms with Crippen molar-refractivity contribution in [3.8, 4) is 0 Å². The second-order valence-corrected chi connectivity index (χ2v) is 10.9. The highest BCUT2D eigenvalue weighted by atomic mass is 16.2. The zero-order valence-corrected chi connectivity index (χ0v) is 18.7. The largest absolute Gasteiger partial charge is 0.325 e. The standard InChI is InChI=1S/C27H32N4O/c1-31-11-10-16-12-18(6-7-19(16)15-31)25-20-9-8-17(13-24(20)29-30-25)22-14-27(22)21-4-2-3-5-23(21)28-26(27)32/h2-7,12,17,20,22,24-25,29-30H,8-11,13-15H2,1H3,(H,28,32)/t17?,20?,22-,24?,25?,27-/m0/s1. The number of hydrazine groups is 1. The molecule has 2 saturated carbocycles. The number of anilines is 1. The van der Waals surface area contributed by atoms with Gasteiger partial charge in [-0.25, -0.2) is 5.43 Å². The fourth-order valence-corrected chi connectivity index (χ4v) is 7.46. The fourth-order valence-electron chi connectivity index (χ4n) is 7.46. The van der Waals surface area contributed by atoms with Gasteiger partial charge in [-0.15, -0.1) is 0 Å². The Balaban J connectivity index is 1.08. The van der Waals surface area contributed by atoms with Crippen LogP contribution in [0.25, 0.3) is 0 Å². The molecule has 3 N–H and O–H groups in total. The van der Waals surface area contributed by atoms with E-state index in [2.05, 4.69) is 64.5 Å². The summed E-state index contributed by atoms with van der Waals surface area (Å²) in [6.07, 6.45) is 5.82. The number of benzene rings is 2. The smallest absolute Gasteiger partial charge is 0.235 e. The Kier molecular flexibility index (Phi) is 4.15. The summed E-state index contributed by atoms with van der Waals surface area (Å²) in [6.45, 7) is 2.22. The molecule has 5 heteroatoms. The molecule has 32 heavy (non-hydrogen) atoms. The van der Waals surface area contributed by atoms with E-state index >= 15 is 0 Å². The van der Waals surface area contributed by atoms with Crippen molar-refractivity contribution in [2.75, 3.05) is 18.9 Å². The molecule has 5 aliphatic rings. The first-order valence-electron chi connectivity index (χ1n) is 12.4. The third kappa shape index (κ3) is 2.71. The number of carbonyl (C=O) groups is 1. The van der Waals surface area contributed by atoms with Crippen molar-refractivity contribution >= 4 is 11.6 Å². The molecule has 1 spiro atoms. The van der Waals surface area contributed by atoms with Crippen LogP contribution in [-0.4, -0.2) is 30.4 Å².